The van der Waals surface area contributed by atoms with Gasteiger partial charge in [0.25, 0.3) is 11.8 Å². The average Bonchev–Trinajstić information content (AvgIpc) is 2.54. The lowest BCUT2D eigenvalue weighted by molar-refractivity contribution is -0.118. The highest BCUT2D eigenvalue weighted by molar-refractivity contribution is 5.95. The number of ether oxygens (including phenoxy) is 1. The molecule has 0 aliphatic carbocycles. The van der Waals surface area contributed by atoms with E-state index in [2.05, 4.69) is 10.3 Å². The van der Waals surface area contributed by atoms with Crippen molar-refractivity contribution in [2.75, 3.05) is 26.0 Å². The van der Waals surface area contributed by atoms with Crippen LogP contribution in [0.25, 0.3) is 0 Å². The molecule has 0 radical (unpaired) electrons. The molecule has 6 heteroatoms. The Bertz CT molecular complexity index is 679. The van der Waals surface area contributed by atoms with Crippen molar-refractivity contribution in [2.24, 2.45) is 0 Å². The fourth-order valence-corrected chi connectivity index (χ4v) is 1.84. The summed E-state index contributed by atoms with van der Waals surface area (Å²) in [7, 11) is 3.38. The van der Waals surface area contributed by atoms with Gasteiger partial charge in [0.1, 0.15) is 5.75 Å². The van der Waals surface area contributed by atoms with Gasteiger partial charge in [0.15, 0.2) is 6.61 Å². The summed E-state index contributed by atoms with van der Waals surface area (Å²) in [5.74, 6) is 0.174. The predicted molar refractivity (Wildman–Crippen MR) is 87.6 cm³/mol. The van der Waals surface area contributed by atoms with E-state index in [1.165, 1.54) is 4.90 Å². The Kier molecular flexibility index (Phi) is 5.30. The molecule has 0 aliphatic rings. The third kappa shape index (κ3) is 4.81. The molecule has 1 aromatic heterocycles. The van der Waals surface area contributed by atoms with Crippen LogP contribution < -0.4 is 10.1 Å². The second-order valence-electron chi connectivity index (χ2n) is 5.25. The Labute approximate surface area is 135 Å². The molecule has 23 heavy (non-hydrogen) atoms. The summed E-state index contributed by atoms with van der Waals surface area (Å²) in [5, 5.41) is 2.71. The molecule has 0 fully saturated rings. The monoisotopic (exact) mass is 313 g/mol. The lowest BCUT2D eigenvalue weighted by Gasteiger charge is -2.11. The van der Waals surface area contributed by atoms with E-state index >= 15 is 0 Å². The van der Waals surface area contributed by atoms with E-state index in [-0.39, 0.29) is 18.4 Å². The predicted octanol–water partition coefficient (Wildman–Crippen LogP) is 2.11. The van der Waals surface area contributed by atoms with Crippen molar-refractivity contribution < 1.29 is 14.3 Å². The van der Waals surface area contributed by atoms with Crippen LogP contribution in [0.4, 0.5) is 5.69 Å². The SMILES string of the molecule is Cc1ccc(OCC(=O)Nc2ccc(C(=O)N(C)C)cc2)cn1. The van der Waals surface area contributed by atoms with Crippen LogP contribution in [-0.4, -0.2) is 42.4 Å². The zero-order chi connectivity index (χ0) is 16.8. The number of nitrogens with one attached hydrogen (secondary N) is 1. The number of carbonyl (C=O) groups excluding carboxylic acids is 2. The van der Waals surface area contributed by atoms with Gasteiger partial charge in [-0.1, -0.05) is 0 Å². The minimum absolute atomic E-state index is 0.0851. The highest BCUT2D eigenvalue weighted by Gasteiger charge is 2.08. The van der Waals surface area contributed by atoms with E-state index in [1.807, 2.05) is 13.0 Å². The van der Waals surface area contributed by atoms with Crippen molar-refractivity contribution in [1.29, 1.82) is 0 Å². The standard InChI is InChI=1S/C17H19N3O3/c1-12-4-9-15(10-18-12)23-11-16(21)19-14-7-5-13(6-8-14)17(22)20(2)3/h4-10H,11H2,1-3H3,(H,19,21). The van der Waals surface area contributed by atoms with Crippen LogP contribution >= 0.6 is 0 Å². The van der Waals surface area contributed by atoms with Gasteiger partial charge in [-0.25, -0.2) is 0 Å². The smallest absolute Gasteiger partial charge is 0.262 e. The van der Waals surface area contributed by atoms with Gasteiger partial charge in [-0.05, 0) is 43.3 Å². The first-order valence-electron chi connectivity index (χ1n) is 7.13. The number of anilines is 1. The first-order chi connectivity index (χ1) is 11.0. The maximum Gasteiger partial charge on any atom is 0.262 e. The van der Waals surface area contributed by atoms with Gasteiger partial charge >= 0.3 is 0 Å². The Hall–Kier alpha value is -2.89. The Morgan fingerprint density at radius 3 is 2.39 bits per heavy atom. The van der Waals surface area contributed by atoms with Crippen LogP contribution in [0.2, 0.25) is 0 Å². The van der Waals surface area contributed by atoms with E-state index in [0.29, 0.717) is 17.0 Å². The summed E-state index contributed by atoms with van der Waals surface area (Å²) in [6, 6.07) is 10.3. The van der Waals surface area contributed by atoms with E-state index in [0.717, 1.165) is 5.69 Å². The summed E-state index contributed by atoms with van der Waals surface area (Å²) in [6.45, 7) is 1.77. The molecule has 0 atom stereocenters. The third-order valence-electron chi connectivity index (χ3n) is 3.08. The fraction of sp³-hybridized carbons (Fsp3) is 0.235. The van der Waals surface area contributed by atoms with Crippen molar-refractivity contribution >= 4 is 17.5 Å². The van der Waals surface area contributed by atoms with Gasteiger partial charge in [0.05, 0.1) is 6.20 Å². The van der Waals surface area contributed by atoms with Gasteiger partial charge in [-0.3, -0.25) is 14.6 Å². The molecular weight excluding hydrogens is 294 g/mol. The maximum atomic E-state index is 11.8. The number of hydrogen-bond acceptors (Lipinski definition) is 4. The molecule has 0 unspecified atom stereocenters. The Balaban J connectivity index is 1.87. The number of amides is 2. The molecule has 120 valence electrons. The number of aromatic nitrogens is 1. The summed E-state index contributed by atoms with van der Waals surface area (Å²) < 4.78 is 5.35. The van der Waals surface area contributed by atoms with Gasteiger partial charge in [0.2, 0.25) is 0 Å². The normalized spacial score (nSPS) is 10.0. The molecule has 6 nitrogen and oxygen atoms in total. The van der Waals surface area contributed by atoms with Crippen LogP contribution in [0, 0.1) is 6.92 Å². The van der Waals surface area contributed by atoms with E-state index in [1.54, 1.807) is 50.6 Å². The van der Waals surface area contributed by atoms with Crippen molar-refractivity contribution in [1.82, 2.24) is 9.88 Å². The van der Waals surface area contributed by atoms with E-state index in [9.17, 15) is 9.59 Å². The van der Waals surface area contributed by atoms with Crippen LogP contribution in [-0.2, 0) is 4.79 Å². The lowest BCUT2D eigenvalue weighted by Crippen LogP contribution is -2.22. The molecule has 1 N–H and O–H groups in total. The molecule has 0 saturated carbocycles. The minimum Gasteiger partial charge on any atom is -0.482 e. The molecule has 1 aromatic carbocycles. The van der Waals surface area contributed by atoms with Crippen LogP contribution in [0.3, 0.4) is 0 Å². The Morgan fingerprint density at radius 1 is 1.13 bits per heavy atom. The van der Waals surface area contributed by atoms with Crippen molar-refractivity contribution in [3.63, 3.8) is 0 Å². The topological polar surface area (TPSA) is 71.5 Å². The summed E-state index contributed by atoms with van der Waals surface area (Å²) in [5.41, 5.74) is 2.06. The van der Waals surface area contributed by atoms with Gasteiger partial charge < -0.3 is 15.0 Å². The number of benzene rings is 1. The molecule has 0 saturated heterocycles. The highest BCUT2D eigenvalue weighted by Crippen LogP contribution is 2.12. The van der Waals surface area contributed by atoms with E-state index < -0.39 is 0 Å². The minimum atomic E-state index is -0.280. The summed E-state index contributed by atoms with van der Waals surface area (Å²) in [4.78, 5) is 29.2. The number of carbonyl (C=O) groups is 2. The first kappa shape index (κ1) is 16.5. The molecule has 2 amide bonds. The third-order valence-corrected chi connectivity index (χ3v) is 3.08. The molecular formula is C17H19N3O3. The quantitative estimate of drug-likeness (QED) is 0.917. The fourth-order valence-electron chi connectivity index (χ4n) is 1.84. The summed E-state index contributed by atoms with van der Waals surface area (Å²) in [6.07, 6.45) is 1.57. The number of rotatable bonds is 5. The van der Waals surface area contributed by atoms with E-state index in [4.69, 9.17) is 4.74 Å². The highest BCUT2D eigenvalue weighted by atomic mass is 16.5. The molecule has 2 rings (SSSR count). The zero-order valence-corrected chi connectivity index (χ0v) is 13.4. The second kappa shape index (κ2) is 7.40. The number of hydrogen-bond donors (Lipinski definition) is 1. The van der Waals surface area contributed by atoms with Gasteiger partial charge in [-0.2, -0.15) is 0 Å². The van der Waals surface area contributed by atoms with Crippen molar-refractivity contribution in [3.05, 3.63) is 53.9 Å². The number of pyridine rings is 1. The molecule has 1 heterocycles. The maximum absolute atomic E-state index is 11.8. The van der Waals surface area contributed by atoms with Crippen molar-refractivity contribution in [2.45, 2.75) is 6.92 Å². The van der Waals surface area contributed by atoms with Gasteiger partial charge in [0, 0.05) is 31.0 Å². The number of nitrogens with zero attached hydrogens (tertiary/aromatic N) is 2. The molecule has 0 aliphatic heterocycles. The largest absolute Gasteiger partial charge is 0.482 e. The first-order valence-corrected chi connectivity index (χ1v) is 7.13. The van der Waals surface area contributed by atoms with Crippen LogP contribution in [0.5, 0.6) is 5.75 Å². The molecule has 0 bridgehead atoms. The Morgan fingerprint density at radius 2 is 1.83 bits per heavy atom. The van der Waals surface area contributed by atoms with Gasteiger partial charge in [-0.15, -0.1) is 0 Å². The lowest BCUT2D eigenvalue weighted by atomic mass is 10.2. The summed E-state index contributed by atoms with van der Waals surface area (Å²) >= 11 is 0. The zero-order valence-electron chi connectivity index (χ0n) is 13.4. The average molecular weight is 313 g/mol. The number of aryl methyl sites for hydroxylation is 1. The molecule has 2 aromatic rings. The molecule has 0 spiro atoms. The van der Waals surface area contributed by atoms with Crippen molar-refractivity contribution in [3.8, 4) is 5.75 Å². The van der Waals surface area contributed by atoms with Crippen LogP contribution in [0.15, 0.2) is 42.6 Å². The second-order valence-corrected chi connectivity index (χ2v) is 5.25. The van der Waals surface area contributed by atoms with Crippen LogP contribution in [0.1, 0.15) is 16.1 Å².